The van der Waals surface area contributed by atoms with Crippen LogP contribution in [0.5, 0.6) is 0 Å². The molecule has 2 N–H and O–H groups in total. The zero-order valence-electron chi connectivity index (χ0n) is 17.6. The first-order valence-electron chi connectivity index (χ1n) is 9.77. The highest BCUT2D eigenvalue weighted by Crippen LogP contribution is 2.26. The standard InChI is InChI=1S/C21H20ClF2N3O.C2H6/c1-12-4-3-5-17(22)19(12)21(28)27-7-6-16(18(25)11-27)20(26-2)13-8-14(23)10-15(24)9-13;1-2/h3-5,8-10H,6-7,11,25H2,1-2H3;1-2H3. The summed E-state index contributed by atoms with van der Waals surface area (Å²) in [5.41, 5.74) is 9.35. The molecule has 0 spiro atoms. The Morgan fingerprint density at radius 1 is 1.17 bits per heavy atom. The summed E-state index contributed by atoms with van der Waals surface area (Å²) in [5.74, 6) is -1.56. The number of nitrogens with zero attached hydrogens (tertiary/aromatic N) is 2. The van der Waals surface area contributed by atoms with Gasteiger partial charge in [0.15, 0.2) is 0 Å². The lowest BCUT2D eigenvalue weighted by atomic mass is 9.94. The average molecular weight is 434 g/mol. The highest BCUT2D eigenvalue weighted by Gasteiger charge is 2.27. The van der Waals surface area contributed by atoms with Gasteiger partial charge in [0.2, 0.25) is 0 Å². The van der Waals surface area contributed by atoms with Crippen LogP contribution in [0, 0.1) is 18.6 Å². The van der Waals surface area contributed by atoms with Crippen LogP contribution in [0.25, 0.3) is 0 Å². The van der Waals surface area contributed by atoms with E-state index in [1.165, 1.54) is 12.1 Å². The maximum Gasteiger partial charge on any atom is 0.255 e. The SMILES string of the molecule is CC.CN=C(C1=C(N)CN(C(=O)c2c(C)cccc2Cl)CC1)c1cc(F)cc(F)c1. The molecule has 0 bridgehead atoms. The van der Waals surface area contributed by atoms with Crippen LogP contribution in [-0.2, 0) is 0 Å². The molecule has 3 rings (SSSR count). The van der Waals surface area contributed by atoms with Gasteiger partial charge in [0.1, 0.15) is 11.6 Å². The predicted molar refractivity (Wildman–Crippen MR) is 118 cm³/mol. The van der Waals surface area contributed by atoms with E-state index >= 15 is 0 Å². The summed E-state index contributed by atoms with van der Waals surface area (Å²) in [6, 6.07) is 8.54. The maximum absolute atomic E-state index is 13.6. The molecule has 2 aromatic carbocycles. The Morgan fingerprint density at radius 3 is 2.33 bits per heavy atom. The monoisotopic (exact) mass is 433 g/mol. The minimum absolute atomic E-state index is 0.190. The Balaban J connectivity index is 0.00000155. The van der Waals surface area contributed by atoms with Crippen LogP contribution < -0.4 is 5.73 Å². The smallest absolute Gasteiger partial charge is 0.255 e. The first kappa shape index (κ1) is 23.5. The van der Waals surface area contributed by atoms with Crippen LogP contribution in [-0.4, -0.2) is 36.7 Å². The number of rotatable bonds is 3. The lowest BCUT2D eigenvalue weighted by molar-refractivity contribution is 0.0763. The fraction of sp³-hybridized carbons (Fsp3) is 0.304. The van der Waals surface area contributed by atoms with Gasteiger partial charge in [-0.05, 0) is 37.1 Å². The zero-order valence-corrected chi connectivity index (χ0v) is 18.4. The van der Waals surface area contributed by atoms with Crippen LogP contribution in [0.4, 0.5) is 8.78 Å². The highest BCUT2D eigenvalue weighted by molar-refractivity contribution is 6.34. The number of carbonyl (C=O) groups is 1. The Hall–Kier alpha value is -2.73. The van der Waals surface area contributed by atoms with Crippen LogP contribution in [0.3, 0.4) is 0 Å². The second-order valence-corrected chi connectivity index (χ2v) is 7.05. The third-order valence-electron chi connectivity index (χ3n) is 4.75. The van der Waals surface area contributed by atoms with Gasteiger partial charge in [0.25, 0.3) is 5.91 Å². The molecule has 7 heteroatoms. The minimum Gasteiger partial charge on any atom is -0.400 e. The Bertz CT molecular complexity index is 961. The molecule has 2 aromatic rings. The molecule has 0 saturated carbocycles. The number of nitrogens with two attached hydrogens (primary N) is 1. The van der Waals surface area contributed by atoms with Crippen molar-refractivity contribution in [1.82, 2.24) is 4.90 Å². The van der Waals surface area contributed by atoms with Crippen LogP contribution in [0.15, 0.2) is 52.7 Å². The molecule has 1 aliphatic heterocycles. The molecule has 1 heterocycles. The topological polar surface area (TPSA) is 58.7 Å². The highest BCUT2D eigenvalue weighted by atomic mass is 35.5. The first-order chi connectivity index (χ1) is 14.3. The van der Waals surface area contributed by atoms with E-state index in [1.54, 1.807) is 24.1 Å². The summed E-state index contributed by atoms with van der Waals surface area (Å²) in [6.07, 6.45) is 0.422. The van der Waals surface area contributed by atoms with Gasteiger partial charge in [-0.15, -0.1) is 0 Å². The van der Waals surface area contributed by atoms with E-state index in [1.807, 2.05) is 26.8 Å². The Kier molecular flexibility index (Phi) is 8.12. The zero-order chi connectivity index (χ0) is 22.4. The summed E-state index contributed by atoms with van der Waals surface area (Å²) >= 11 is 6.21. The molecule has 0 atom stereocenters. The number of hydrogen-bond acceptors (Lipinski definition) is 3. The van der Waals surface area contributed by atoms with E-state index in [0.29, 0.717) is 46.1 Å². The maximum atomic E-state index is 13.6. The van der Waals surface area contributed by atoms with Gasteiger partial charge >= 0.3 is 0 Å². The van der Waals surface area contributed by atoms with Gasteiger partial charge in [-0.2, -0.15) is 0 Å². The molecule has 1 aliphatic rings. The number of benzene rings is 2. The van der Waals surface area contributed by atoms with Crippen molar-refractivity contribution in [3.63, 3.8) is 0 Å². The van der Waals surface area contributed by atoms with Crippen LogP contribution in [0.2, 0.25) is 5.02 Å². The molecule has 0 unspecified atom stereocenters. The largest absolute Gasteiger partial charge is 0.400 e. The van der Waals surface area contributed by atoms with Gasteiger partial charge in [0, 0.05) is 36.5 Å². The molecular formula is C23H26ClF2N3O. The second-order valence-electron chi connectivity index (χ2n) is 6.64. The Labute approximate surface area is 181 Å². The predicted octanol–water partition coefficient (Wildman–Crippen LogP) is 5.13. The molecule has 1 amide bonds. The molecule has 30 heavy (non-hydrogen) atoms. The van der Waals surface area contributed by atoms with Crippen molar-refractivity contribution in [1.29, 1.82) is 0 Å². The normalized spacial score (nSPS) is 14.4. The van der Waals surface area contributed by atoms with E-state index in [0.717, 1.165) is 11.6 Å². The van der Waals surface area contributed by atoms with Crippen molar-refractivity contribution in [3.8, 4) is 0 Å². The van der Waals surface area contributed by atoms with E-state index < -0.39 is 11.6 Å². The van der Waals surface area contributed by atoms with E-state index in [-0.39, 0.29) is 12.5 Å². The van der Waals surface area contributed by atoms with Crippen molar-refractivity contribution < 1.29 is 13.6 Å². The fourth-order valence-electron chi connectivity index (χ4n) is 3.42. The number of aryl methyl sites for hydroxylation is 1. The average Bonchev–Trinajstić information content (AvgIpc) is 2.70. The van der Waals surface area contributed by atoms with Gasteiger partial charge in [-0.3, -0.25) is 9.79 Å². The molecule has 4 nitrogen and oxygen atoms in total. The summed E-state index contributed by atoms with van der Waals surface area (Å²) in [5, 5.41) is 0.393. The second kappa shape index (κ2) is 10.3. The molecule has 160 valence electrons. The first-order valence-corrected chi connectivity index (χ1v) is 10.1. The quantitative estimate of drug-likeness (QED) is 0.682. The molecular weight excluding hydrogens is 408 g/mol. The van der Waals surface area contributed by atoms with Gasteiger partial charge in [-0.25, -0.2) is 8.78 Å². The number of hydrogen-bond donors (Lipinski definition) is 1. The summed E-state index contributed by atoms with van der Waals surface area (Å²) in [4.78, 5) is 18.7. The van der Waals surface area contributed by atoms with Gasteiger partial charge in [-0.1, -0.05) is 37.6 Å². The van der Waals surface area contributed by atoms with Crippen LogP contribution in [0.1, 0.15) is 41.8 Å². The van der Waals surface area contributed by atoms with E-state index in [9.17, 15) is 13.6 Å². The summed E-state index contributed by atoms with van der Waals surface area (Å²) in [6.45, 7) is 6.42. The number of carbonyl (C=O) groups excluding carboxylic acids is 1. The Morgan fingerprint density at radius 2 is 1.80 bits per heavy atom. The molecule has 0 aromatic heterocycles. The summed E-state index contributed by atoms with van der Waals surface area (Å²) < 4.78 is 27.2. The van der Waals surface area contributed by atoms with E-state index in [2.05, 4.69) is 4.99 Å². The van der Waals surface area contributed by atoms with Crippen molar-refractivity contribution in [2.75, 3.05) is 20.1 Å². The van der Waals surface area contributed by atoms with Crippen molar-refractivity contribution in [3.05, 3.63) is 81.0 Å². The van der Waals surface area contributed by atoms with Gasteiger partial charge < -0.3 is 10.6 Å². The third-order valence-corrected chi connectivity index (χ3v) is 5.06. The fourth-order valence-corrected chi connectivity index (χ4v) is 3.72. The molecule has 0 aliphatic carbocycles. The third kappa shape index (κ3) is 5.05. The lowest BCUT2D eigenvalue weighted by Crippen LogP contribution is -2.40. The van der Waals surface area contributed by atoms with Gasteiger partial charge in [0.05, 0.1) is 22.8 Å². The molecule has 0 radical (unpaired) electrons. The molecule has 0 fully saturated rings. The summed E-state index contributed by atoms with van der Waals surface area (Å²) in [7, 11) is 1.54. The molecule has 0 saturated heterocycles. The van der Waals surface area contributed by atoms with Crippen molar-refractivity contribution in [2.45, 2.75) is 27.2 Å². The number of aliphatic imine (C=N–C) groups is 1. The van der Waals surface area contributed by atoms with Crippen molar-refractivity contribution >= 4 is 23.2 Å². The van der Waals surface area contributed by atoms with Crippen molar-refractivity contribution in [2.24, 2.45) is 10.7 Å². The van der Waals surface area contributed by atoms with Crippen LogP contribution >= 0.6 is 11.6 Å². The van der Waals surface area contributed by atoms with E-state index in [4.69, 9.17) is 17.3 Å². The lowest BCUT2D eigenvalue weighted by Gasteiger charge is -2.30. The minimum atomic E-state index is -0.683. The number of halogens is 3. The number of amides is 1.